The molecule has 0 amide bonds. The van der Waals surface area contributed by atoms with Crippen molar-refractivity contribution in [3.63, 3.8) is 0 Å². The molecule has 17 heavy (non-hydrogen) atoms. The summed E-state index contributed by atoms with van der Waals surface area (Å²) in [4.78, 5) is 0. The average molecular weight is 273 g/mol. The van der Waals surface area contributed by atoms with E-state index in [1.165, 1.54) is 36.8 Å². The molecule has 0 unspecified atom stereocenters. The van der Waals surface area contributed by atoms with Gasteiger partial charge >= 0.3 is 16.5 Å². The largest absolute Gasteiger partial charge is 2.00 e. The van der Waals surface area contributed by atoms with Crippen LogP contribution in [0.5, 0.6) is 0 Å². The topological polar surface area (TPSA) is 0 Å². The maximum Gasteiger partial charge on any atom is 2.00 e. The Bertz CT molecular complexity index is 293. The third-order valence-electron chi connectivity index (χ3n) is 2.54. The zero-order valence-electron chi connectivity index (χ0n) is 10.8. The summed E-state index contributed by atoms with van der Waals surface area (Å²) in [5.41, 5.74) is 2.93. The zero-order valence-corrected chi connectivity index (χ0v) is 11.8. The van der Waals surface area contributed by atoms with E-state index >= 15 is 0 Å². The fourth-order valence-corrected chi connectivity index (χ4v) is 1.74. The molecule has 0 aliphatic carbocycles. The first-order valence-corrected chi connectivity index (χ1v) is 6.28. The Kier molecular flexibility index (Phi) is 9.86. The van der Waals surface area contributed by atoms with Crippen molar-refractivity contribution >= 4 is 0 Å². The van der Waals surface area contributed by atoms with E-state index in [-0.39, 0.29) is 16.5 Å². The van der Waals surface area contributed by atoms with Crippen LogP contribution in [-0.2, 0) is 29.3 Å². The van der Waals surface area contributed by atoms with E-state index in [9.17, 15) is 0 Å². The second-order valence-corrected chi connectivity index (χ2v) is 4.09. The van der Waals surface area contributed by atoms with Crippen LogP contribution >= 0.6 is 0 Å². The average Bonchev–Trinajstić information content (AvgIpc) is 2.92. The molecule has 0 saturated heterocycles. The first-order valence-electron chi connectivity index (χ1n) is 6.28. The van der Waals surface area contributed by atoms with Gasteiger partial charge < -0.3 is 0 Å². The number of rotatable bonds is 4. The van der Waals surface area contributed by atoms with Gasteiger partial charge in [-0.05, 0) is 0 Å². The molecule has 2 aromatic rings. The number of hydrogen-bond donors (Lipinski definition) is 0. The Labute approximate surface area is 116 Å². The zero-order chi connectivity index (χ0) is 11.6. The van der Waals surface area contributed by atoms with Crippen molar-refractivity contribution < 1.29 is 16.5 Å². The molecule has 0 aliphatic rings. The van der Waals surface area contributed by atoms with Crippen molar-refractivity contribution in [2.45, 2.75) is 39.5 Å². The van der Waals surface area contributed by atoms with Crippen molar-refractivity contribution in [2.24, 2.45) is 0 Å². The Morgan fingerprint density at radius 1 is 0.824 bits per heavy atom. The van der Waals surface area contributed by atoms with Crippen LogP contribution in [0.15, 0.2) is 48.5 Å². The van der Waals surface area contributed by atoms with E-state index in [1.54, 1.807) is 0 Å². The van der Waals surface area contributed by atoms with Crippen LogP contribution in [-0.4, -0.2) is 0 Å². The third-order valence-corrected chi connectivity index (χ3v) is 2.54. The van der Waals surface area contributed by atoms with Gasteiger partial charge in [0.1, 0.15) is 0 Å². The van der Waals surface area contributed by atoms with Crippen LogP contribution in [0.2, 0.25) is 0 Å². The summed E-state index contributed by atoms with van der Waals surface area (Å²) in [7, 11) is 0. The van der Waals surface area contributed by atoms with Gasteiger partial charge in [0, 0.05) is 0 Å². The third kappa shape index (κ3) is 7.18. The Morgan fingerprint density at radius 2 is 1.24 bits per heavy atom. The minimum absolute atomic E-state index is 0. The molecule has 2 aromatic carbocycles. The SMILES string of the molecule is CCCc1ccc[cH-]1.CCCc1ccc[cH-]1.[Ni+2]. The van der Waals surface area contributed by atoms with E-state index < -0.39 is 0 Å². The number of hydrogen-bond acceptors (Lipinski definition) is 0. The van der Waals surface area contributed by atoms with Gasteiger partial charge in [-0.2, -0.15) is 35.4 Å². The molecule has 0 aromatic heterocycles. The summed E-state index contributed by atoms with van der Waals surface area (Å²) in [5, 5.41) is 0. The quantitative estimate of drug-likeness (QED) is 0.558. The molecule has 1 heteroatoms. The van der Waals surface area contributed by atoms with Crippen molar-refractivity contribution in [1.29, 1.82) is 0 Å². The Hall–Kier alpha value is -0.806. The molecule has 0 heterocycles. The molecule has 0 aliphatic heterocycles. The monoisotopic (exact) mass is 272 g/mol. The first-order chi connectivity index (χ1) is 7.86. The Morgan fingerprint density at radius 3 is 1.47 bits per heavy atom. The van der Waals surface area contributed by atoms with E-state index in [1.807, 2.05) is 0 Å². The van der Waals surface area contributed by atoms with Crippen LogP contribution in [0.1, 0.15) is 37.8 Å². The van der Waals surface area contributed by atoms with Crippen molar-refractivity contribution in [1.82, 2.24) is 0 Å². The molecular formula is C16H22Ni. The molecule has 0 bridgehead atoms. The van der Waals surface area contributed by atoms with E-state index in [0.29, 0.717) is 0 Å². The molecule has 0 N–H and O–H groups in total. The van der Waals surface area contributed by atoms with Crippen molar-refractivity contribution in [3.8, 4) is 0 Å². The smallest absolute Gasteiger partial charge is 0.213 e. The van der Waals surface area contributed by atoms with Gasteiger partial charge in [-0.15, -0.1) is 0 Å². The summed E-state index contributed by atoms with van der Waals surface area (Å²) in [6.45, 7) is 4.40. The molecule has 0 radical (unpaired) electrons. The minimum atomic E-state index is 0. The van der Waals surface area contributed by atoms with Gasteiger partial charge in [0.2, 0.25) is 0 Å². The van der Waals surface area contributed by atoms with Crippen LogP contribution in [0.25, 0.3) is 0 Å². The fourth-order valence-electron chi connectivity index (χ4n) is 1.74. The standard InChI is InChI=1S/2C8H11.Ni/c2*1-2-5-8-6-3-4-7-8;/h2*3-4,6-7H,2,5H2,1H3;/q2*-1;+2. The molecule has 96 valence electrons. The molecule has 0 atom stereocenters. The van der Waals surface area contributed by atoms with Gasteiger partial charge in [-0.1, -0.05) is 39.5 Å². The molecule has 0 fully saturated rings. The van der Waals surface area contributed by atoms with Gasteiger partial charge in [-0.25, -0.2) is 24.3 Å². The van der Waals surface area contributed by atoms with Crippen LogP contribution in [0.4, 0.5) is 0 Å². The maximum atomic E-state index is 2.20. The summed E-state index contributed by atoms with van der Waals surface area (Å²) in [6, 6.07) is 17.0. The van der Waals surface area contributed by atoms with E-state index in [4.69, 9.17) is 0 Å². The molecular weight excluding hydrogens is 251 g/mol. The summed E-state index contributed by atoms with van der Waals surface area (Å²) in [6.07, 6.45) is 4.97. The maximum absolute atomic E-state index is 2.20. The Balaban J connectivity index is 0.000000284. The molecule has 0 saturated carbocycles. The second-order valence-electron chi connectivity index (χ2n) is 4.09. The first kappa shape index (κ1) is 16.2. The van der Waals surface area contributed by atoms with Crippen LogP contribution in [0.3, 0.4) is 0 Å². The van der Waals surface area contributed by atoms with Crippen molar-refractivity contribution in [2.75, 3.05) is 0 Å². The van der Waals surface area contributed by atoms with Gasteiger partial charge in [-0.3, -0.25) is 0 Å². The van der Waals surface area contributed by atoms with Crippen molar-refractivity contribution in [3.05, 3.63) is 59.7 Å². The molecule has 0 spiro atoms. The normalized spacial score (nSPS) is 9.06. The second kappa shape index (κ2) is 10.4. The summed E-state index contributed by atoms with van der Waals surface area (Å²) < 4.78 is 0. The molecule has 0 nitrogen and oxygen atoms in total. The number of aryl methyl sites for hydroxylation is 2. The summed E-state index contributed by atoms with van der Waals surface area (Å²) >= 11 is 0. The van der Waals surface area contributed by atoms with Gasteiger partial charge in [0.15, 0.2) is 0 Å². The van der Waals surface area contributed by atoms with Crippen LogP contribution in [0, 0.1) is 0 Å². The van der Waals surface area contributed by atoms with E-state index in [0.717, 1.165) is 0 Å². The fraction of sp³-hybridized carbons (Fsp3) is 0.375. The minimum Gasteiger partial charge on any atom is -0.213 e. The summed E-state index contributed by atoms with van der Waals surface area (Å²) in [5.74, 6) is 0. The van der Waals surface area contributed by atoms with Gasteiger partial charge in [0.05, 0.1) is 0 Å². The predicted octanol–water partition coefficient (Wildman–Crippen LogP) is 4.71. The molecule has 2 rings (SSSR count). The van der Waals surface area contributed by atoms with Gasteiger partial charge in [0.25, 0.3) is 0 Å². The van der Waals surface area contributed by atoms with E-state index in [2.05, 4.69) is 62.4 Å². The van der Waals surface area contributed by atoms with Crippen LogP contribution < -0.4 is 0 Å². The predicted molar refractivity (Wildman–Crippen MR) is 72.1 cm³/mol.